The smallest absolute Gasteiger partial charge is 0.322 e. The molecule has 0 radical (unpaired) electrons. The Hall–Kier alpha value is -1.10. The fraction of sp³-hybridized carbons (Fsp3) is 0. The summed E-state index contributed by atoms with van der Waals surface area (Å²) in [6.45, 7) is 0. The second-order valence-electron chi connectivity index (χ2n) is 1.92. The average molecular weight is 214 g/mol. The highest BCUT2D eigenvalue weighted by molar-refractivity contribution is 9.10. The summed E-state index contributed by atoms with van der Waals surface area (Å²) in [5.41, 5.74) is 0. The van der Waals surface area contributed by atoms with Crippen LogP contribution in [0, 0.1) is 0 Å². The summed E-state index contributed by atoms with van der Waals surface area (Å²) in [7, 11) is 0. The van der Waals surface area contributed by atoms with E-state index < -0.39 is 0 Å². The zero-order valence-corrected chi connectivity index (χ0v) is 7.02. The minimum absolute atomic E-state index is 0.468. The van der Waals surface area contributed by atoms with Gasteiger partial charge in [0.25, 0.3) is 0 Å². The van der Waals surface area contributed by atoms with Gasteiger partial charge >= 0.3 is 6.01 Å². The molecule has 4 nitrogen and oxygen atoms in total. The predicted octanol–water partition coefficient (Wildman–Crippen LogP) is 1.62. The van der Waals surface area contributed by atoms with Crippen LogP contribution in [-0.4, -0.2) is 14.8 Å². The maximum atomic E-state index is 5.00. The van der Waals surface area contributed by atoms with Gasteiger partial charge in [-0.2, -0.15) is 9.78 Å². The van der Waals surface area contributed by atoms with Gasteiger partial charge in [-0.1, -0.05) is 0 Å². The van der Waals surface area contributed by atoms with Gasteiger partial charge in [0, 0.05) is 6.20 Å². The van der Waals surface area contributed by atoms with Crippen LogP contribution in [0.3, 0.4) is 0 Å². The first kappa shape index (κ1) is 6.60. The van der Waals surface area contributed by atoms with E-state index in [1.807, 2.05) is 0 Å². The summed E-state index contributed by atoms with van der Waals surface area (Å²) in [5.74, 6) is 0. The molecule has 5 heteroatoms. The number of hydrogen-bond donors (Lipinski definition) is 0. The lowest BCUT2D eigenvalue weighted by Gasteiger charge is -1.89. The fourth-order valence-corrected chi connectivity index (χ4v) is 1.02. The van der Waals surface area contributed by atoms with Gasteiger partial charge in [-0.25, -0.2) is 4.98 Å². The normalized spacial score (nSPS) is 10.3. The summed E-state index contributed by atoms with van der Waals surface area (Å²) >= 11 is 3.26. The first-order chi connectivity index (χ1) is 5.36. The van der Waals surface area contributed by atoms with Crippen LogP contribution in [0.2, 0.25) is 0 Å². The predicted molar refractivity (Wildman–Crippen MR) is 41.3 cm³/mol. The topological polar surface area (TPSA) is 43.9 Å². The molecule has 0 fully saturated rings. The van der Waals surface area contributed by atoms with Crippen LogP contribution >= 0.6 is 15.9 Å². The lowest BCUT2D eigenvalue weighted by atomic mass is 10.7. The minimum atomic E-state index is 0.468. The van der Waals surface area contributed by atoms with E-state index in [-0.39, 0.29) is 0 Å². The molecule has 2 aromatic rings. The van der Waals surface area contributed by atoms with Crippen LogP contribution in [-0.2, 0) is 0 Å². The lowest BCUT2D eigenvalue weighted by molar-refractivity contribution is 0.510. The number of rotatable bonds is 1. The molecule has 0 aliphatic heterocycles. The van der Waals surface area contributed by atoms with Crippen molar-refractivity contribution in [1.82, 2.24) is 14.8 Å². The van der Waals surface area contributed by atoms with Crippen LogP contribution in [0.5, 0.6) is 0 Å². The summed E-state index contributed by atoms with van der Waals surface area (Å²) in [6, 6.07) is 0.468. The molecule has 2 aromatic heterocycles. The molecule has 2 rings (SSSR count). The molecule has 0 amide bonds. The third-order valence-electron chi connectivity index (χ3n) is 1.17. The Morgan fingerprint density at radius 2 is 2.45 bits per heavy atom. The van der Waals surface area contributed by atoms with Crippen LogP contribution in [0.25, 0.3) is 6.01 Å². The van der Waals surface area contributed by atoms with Crippen molar-refractivity contribution in [1.29, 1.82) is 0 Å². The molecule has 0 saturated heterocycles. The van der Waals surface area contributed by atoms with Crippen molar-refractivity contribution in [2.24, 2.45) is 0 Å². The maximum Gasteiger partial charge on any atom is 0.322 e. The highest BCUT2D eigenvalue weighted by Crippen LogP contribution is 2.09. The lowest BCUT2D eigenvalue weighted by Crippen LogP contribution is -1.92. The van der Waals surface area contributed by atoms with E-state index in [0.717, 1.165) is 4.47 Å². The van der Waals surface area contributed by atoms with Crippen LogP contribution in [0.4, 0.5) is 0 Å². The number of nitrogens with zero attached hydrogens (tertiary/aromatic N) is 3. The Labute approximate surface area is 71.0 Å². The molecule has 0 aliphatic carbocycles. The number of halogens is 1. The van der Waals surface area contributed by atoms with E-state index >= 15 is 0 Å². The standard InChI is InChI=1S/C6H4BrN3O/c7-5-3-9-10(4-5)6-8-1-2-11-6/h1-4H. The number of oxazole rings is 1. The minimum Gasteiger partial charge on any atom is -0.431 e. The summed E-state index contributed by atoms with van der Waals surface area (Å²) < 4.78 is 7.45. The largest absolute Gasteiger partial charge is 0.431 e. The van der Waals surface area contributed by atoms with Crippen molar-refractivity contribution in [2.75, 3.05) is 0 Å². The van der Waals surface area contributed by atoms with Gasteiger partial charge in [-0.05, 0) is 15.9 Å². The van der Waals surface area contributed by atoms with Crippen LogP contribution < -0.4 is 0 Å². The van der Waals surface area contributed by atoms with Crippen molar-refractivity contribution in [3.05, 3.63) is 29.3 Å². The van der Waals surface area contributed by atoms with Gasteiger partial charge in [0.15, 0.2) is 0 Å². The molecule has 0 aromatic carbocycles. The zero-order chi connectivity index (χ0) is 7.68. The average Bonchev–Trinajstić information content (AvgIpc) is 2.55. The molecule has 2 heterocycles. The molecule has 0 atom stereocenters. The third kappa shape index (κ3) is 1.19. The quantitative estimate of drug-likeness (QED) is 0.724. The fourth-order valence-electron chi connectivity index (χ4n) is 0.735. The molecule has 0 saturated carbocycles. The van der Waals surface area contributed by atoms with Crippen LogP contribution in [0.15, 0.2) is 33.7 Å². The molecule has 0 bridgehead atoms. The number of aromatic nitrogens is 3. The van der Waals surface area contributed by atoms with Gasteiger partial charge in [0.2, 0.25) is 0 Å². The van der Waals surface area contributed by atoms with Crippen molar-refractivity contribution < 1.29 is 4.42 Å². The first-order valence-electron chi connectivity index (χ1n) is 2.96. The van der Waals surface area contributed by atoms with Gasteiger partial charge in [-0.15, -0.1) is 0 Å². The zero-order valence-electron chi connectivity index (χ0n) is 5.44. The third-order valence-corrected chi connectivity index (χ3v) is 1.58. The molecule has 0 aliphatic rings. The Morgan fingerprint density at radius 3 is 3.00 bits per heavy atom. The second-order valence-corrected chi connectivity index (χ2v) is 2.83. The summed E-state index contributed by atoms with van der Waals surface area (Å²) in [6.07, 6.45) is 6.52. The van der Waals surface area contributed by atoms with Gasteiger partial charge < -0.3 is 4.42 Å². The van der Waals surface area contributed by atoms with E-state index in [4.69, 9.17) is 4.42 Å². The summed E-state index contributed by atoms with van der Waals surface area (Å²) in [4.78, 5) is 3.91. The SMILES string of the molecule is Brc1cnn(-c2ncco2)c1. The molecular formula is C6H4BrN3O. The first-order valence-corrected chi connectivity index (χ1v) is 3.75. The Bertz CT molecular complexity index is 340. The van der Waals surface area contributed by atoms with Crippen LogP contribution in [0.1, 0.15) is 0 Å². The molecule has 0 spiro atoms. The van der Waals surface area contributed by atoms with Gasteiger partial charge in [-0.3, -0.25) is 0 Å². The maximum absolute atomic E-state index is 5.00. The van der Waals surface area contributed by atoms with Crippen molar-refractivity contribution in [3.63, 3.8) is 0 Å². The van der Waals surface area contributed by atoms with Gasteiger partial charge in [0.05, 0.1) is 16.9 Å². The van der Waals surface area contributed by atoms with Crippen molar-refractivity contribution in [3.8, 4) is 6.01 Å². The second kappa shape index (κ2) is 2.50. The molecule has 0 unspecified atom stereocenters. The van der Waals surface area contributed by atoms with E-state index in [9.17, 15) is 0 Å². The highest BCUT2D eigenvalue weighted by atomic mass is 79.9. The Balaban J connectivity index is 2.45. The van der Waals surface area contributed by atoms with E-state index in [0.29, 0.717) is 6.01 Å². The van der Waals surface area contributed by atoms with Gasteiger partial charge in [0.1, 0.15) is 6.26 Å². The van der Waals surface area contributed by atoms with E-state index in [2.05, 4.69) is 26.0 Å². The monoisotopic (exact) mass is 213 g/mol. The Kier molecular flexibility index (Phi) is 1.50. The highest BCUT2D eigenvalue weighted by Gasteiger charge is 2.00. The van der Waals surface area contributed by atoms with Crippen molar-refractivity contribution in [2.45, 2.75) is 0 Å². The van der Waals surface area contributed by atoms with E-state index in [1.165, 1.54) is 6.26 Å². The summed E-state index contributed by atoms with van der Waals surface area (Å²) in [5, 5.41) is 3.97. The Morgan fingerprint density at radius 1 is 1.55 bits per heavy atom. The molecule has 11 heavy (non-hydrogen) atoms. The number of hydrogen-bond acceptors (Lipinski definition) is 3. The van der Waals surface area contributed by atoms with E-state index in [1.54, 1.807) is 23.3 Å². The molecular weight excluding hydrogens is 210 g/mol. The molecule has 56 valence electrons. The molecule has 0 N–H and O–H groups in total. The van der Waals surface area contributed by atoms with Crippen molar-refractivity contribution >= 4 is 15.9 Å².